The highest BCUT2D eigenvalue weighted by Crippen LogP contribution is 2.45. The van der Waals surface area contributed by atoms with Crippen molar-refractivity contribution in [2.24, 2.45) is 0 Å². The van der Waals surface area contributed by atoms with Crippen LogP contribution in [0.3, 0.4) is 0 Å². The Bertz CT molecular complexity index is 1140. The zero-order chi connectivity index (χ0) is 22.1. The van der Waals surface area contributed by atoms with Crippen LogP contribution < -0.4 is 0 Å². The quantitative estimate of drug-likeness (QED) is 0.296. The van der Waals surface area contributed by atoms with Crippen molar-refractivity contribution in [2.75, 3.05) is 24.8 Å². The molecule has 0 saturated carbocycles. The zero-order valence-electron chi connectivity index (χ0n) is 16.3. The highest BCUT2D eigenvalue weighted by atomic mass is 35.5. The van der Waals surface area contributed by atoms with Gasteiger partial charge in [-0.25, -0.2) is 0 Å². The van der Waals surface area contributed by atoms with E-state index in [2.05, 4.69) is 0 Å². The van der Waals surface area contributed by atoms with E-state index in [4.69, 9.17) is 23.2 Å². The lowest BCUT2D eigenvalue weighted by atomic mass is 9.81. The smallest absolute Gasteiger partial charge is 0.198 e. The fraction of sp³-hybridized carbons (Fsp3) is 0.217. The molecule has 31 heavy (non-hydrogen) atoms. The summed E-state index contributed by atoms with van der Waals surface area (Å²) < 4.78 is 0. The van der Waals surface area contributed by atoms with Gasteiger partial charge in [0.05, 0.1) is 17.2 Å². The van der Waals surface area contributed by atoms with Crippen LogP contribution in [0.25, 0.3) is 0 Å². The predicted molar refractivity (Wildman–Crippen MR) is 122 cm³/mol. The van der Waals surface area contributed by atoms with Crippen molar-refractivity contribution >= 4 is 46.1 Å². The Morgan fingerprint density at radius 3 is 2.10 bits per heavy atom. The Morgan fingerprint density at radius 2 is 1.55 bits per heavy atom. The molecular formula is C23H19Cl2NO4S. The average molecular weight is 476 g/mol. The summed E-state index contributed by atoms with van der Waals surface area (Å²) in [5.74, 6) is -0.973. The third-order valence-electron chi connectivity index (χ3n) is 5.44. The maximum Gasteiger partial charge on any atom is 0.198 e. The minimum Gasteiger partial charge on any atom is -0.507 e. The number of phenolic OH excluding ortho intramolecular Hbond substituents is 2. The minimum atomic E-state index is -0.500. The van der Waals surface area contributed by atoms with Gasteiger partial charge in [0.25, 0.3) is 0 Å². The maximum atomic E-state index is 13.2. The van der Waals surface area contributed by atoms with Crippen LogP contribution in [0.15, 0.2) is 47.2 Å². The molecule has 0 spiro atoms. The third kappa shape index (κ3) is 3.74. The molecule has 0 fully saturated rings. The zero-order valence-corrected chi connectivity index (χ0v) is 18.7. The number of halogens is 2. The first-order chi connectivity index (χ1) is 15.0. The highest BCUT2D eigenvalue weighted by Gasteiger charge is 2.37. The second-order valence-electron chi connectivity index (χ2n) is 7.16. The molecular weight excluding hydrogens is 457 g/mol. The van der Waals surface area contributed by atoms with Crippen LogP contribution in [0.2, 0.25) is 0 Å². The summed E-state index contributed by atoms with van der Waals surface area (Å²) in [6.07, 6.45) is 0. The van der Waals surface area contributed by atoms with Gasteiger partial charge in [-0.2, -0.15) is 11.3 Å². The number of aromatic hydroxyl groups is 2. The number of fused-ring (bicyclic) bond motifs is 2. The lowest BCUT2D eigenvalue weighted by Crippen LogP contribution is -2.33. The molecule has 5 nitrogen and oxygen atoms in total. The van der Waals surface area contributed by atoms with Crippen LogP contribution in [0.5, 0.6) is 11.5 Å². The van der Waals surface area contributed by atoms with Gasteiger partial charge in [-0.1, -0.05) is 24.3 Å². The van der Waals surface area contributed by atoms with Crippen molar-refractivity contribution in [1.29, 1.82) is 0 Å². The number of carbonyl (C=O) groups is 2. The summed E-state index contributed by atoms with van der Waals surface area (Å²) in [6.45, 7) is 0.948. The molecule has 2 aromatic carbocycles. The Morgan fingerprint density at radius 1 is 0.935 bits per heavy atom. The van der Waals surface area contributed by atoms with Gasteiger partial charge < -0.3 is 10.2 Å². The van der Waals surface area contributed by atoms with E-state index in [1.807, 2.05) is 21.7 Å². The van der Waals surface area contributed by atoms with Gasteiger partial charge in [-0.15, -0.1) is 23.2 Å². The van der Waals surface area contributed by atoms with Crippen LogP contribution in [0, 0.1) is 0 Å². The minimum absolute atomic E-state index is 0.171. The van der Waals surface area contributed by atoms with Gasteiger partial charge in [0.15, 0.2) is 11.6 Å². The molecule has 4 rings (SSSR count). The highest BCUT2D eigenvalue weighted by molar-refractivity contribution is 7.08. The molecule has 0 aliphatic heterocycles. The molecule has 0 bridgehead atoms. The Labute approximate surface area is 193 Å². The normalized spacial score (nSPS) is 13.9. The van der Waals surface area contributed by atoms with Gasteiger partial charge in [0.1, 0.15) is 11.5 Å². The van der Waals surface area contributed by atoms with E-state index < -0.39 is 17.6 Å². The van der Waals surface area contributed by atoms with Gasteiger partial charge in [-0.3, -0.25) is 14.5 Å². The van der Waals surface area contributed by atoms with E-state index in [0.717, 1.165) is 5.56 Å². The molecule has 1 aliphatic rings. The lowest BCUT2D eigenvalue weighted by molar-refractivity contribution is 0.0973. The molecule has 0 saturated heterocycles. The fourth-order valence-electron chi connectivity index (χ4n) is 4.09. The molecule has 0 amide bonds. The van der Waals surface area contributed by atoms with Crippen LogP contribution in [-0.2, 0) is 0 Å². The van der Waals surface area contributed by atoms with E-state index >= 15 is 0 Å². The van der Waals surface area contributed by atoms with Gasteiger partial charge in [0.2, 0.25) is 0 Å². The number of alkyl halides is 2. The molecule has 0 radical (unpaired) electrons. The lowest BCUT2D eigenvalue weighted by Gasteiger charge is -2.32. The van der Waals surface area contributed by atoms with Gasteiger partial charge in [0, 0.05) is 41.5 Å². The van der Waals surface area contributed by atoms with Gasteiger partial charge >= 0.3 is 0 Å². The molecule has 1 aliphatic carbocycles. The molecule has 1 aromatic heterocycles. The SMILES string of the molecule is O=C1c2ccccc2C(=O)c2c(O)c(C(c3ccsc3)N(CCCl)CCCl)cc(O)c21. The van der Waals surface area contributed by atoms with Crippen molar-refractivity contribution < 1.29 is 19.8 Å². The number of carbonyl (C=O) groups excluding carboxylic acids is 2. The maximum absolute atomic E-state index is 13.2. The average Bonchev–Trinajstić information content (AvgIpc) is 3.29. The largest absolute Gasteiger partial charge is 0.507 e. The number of rotatable bonds is 7. The van der Waals surface area contributed by atoms with E-state index in [1.54, 1.807) is 24.3 Å². The summed E-state index contributed by atoms with van der Waals surface area (Å²) in [5.41, 5.74) is 1.27. The standard InChI is InChI=1S/C23H19Cl2NO4S/c24-6-8-26(9-7-25)20(13-5-10-31-12-13)16-11-17(27)18-19(23(16)30)22(29)15-4-2-1-3-14(15)21(18)28/h1-5,10-12,20,27,30H,6-9H2. The number of hydrogen-bond acceptors (Lipinski definition) is 6. The monoisotopic (exact) mass is 475 g/mol. The third-order valence-corrected chi connectivity index (χ3v) is 6.48. The summed E-state index contributed by atoms with van der Waals surface area (Å²) >= 11 is 13.5. The summed E-state index contributed by atoms with van der Waals surface area (Å²) in [5, 5.41) is 25.9. The Kier molecular flexibility index (Phi) is 6.34. The van der Waals surface area contributed by atoms with Gasteiger partial charge in [-0.05, 0) is 28.5 Å². The number of nitrogens with zero attached hydrogens (tertiary/aromatic N) is 1. The second-order valence-corrected chi connectivity index (χ2v) is 8.70. The summed E-state index contributed by atoms with van der Waals surface area (Å²) in [6, 6.07) is 9.18. The van der Waals surface area contributed by atoms with Crippen molar-refractivity contribution in [2.45, 2.75) is 6.04 Å². The molecule has 1 atom stereocenters. The second kappa shape index (κ2) is 9.01. The van der Waals surface area contributed by atoms with Crippen molar-refractivity contribution in [3.05, 3.63) is 80.5 Å². The van der Waals surface area contributed by atoms with E-state index in [0.29, 0.717) is 30.4 Å². The van der Waals surface area contributed by atoms with Crippen LogP contribution in [0.4, 0.5) is 0 Å². The molecule has 160 valence electrons. The number of hydrogen-bond donors (Lipinski definition) is 2. The molecule has 3 aromatic rings. The van der Waals surface area contributed by atoms with E-state index in [9.17, 15) is 19.8 Å². The van der Waals surface area contributed by atoms with E-state index in [1.165, 1.54) is 17.4 Å². The predicted octanol–water partition coefficient (Wildman–Crippen LogP) is 4.80. The Balaban J connectivity index is 1.94. The van der Waals surface area contributed by atoms with Crippen LogP contribution in [0.1, 0.15) is 49.0 Å². The first-order valence-electron chi connectivity index (χ1n) is 9.64. The first kappa shape index (κ1) is 21.8. The summed E-state index contributed by atoms with van der Waals surface area (Å²) in [7, 11) is 0. The summed E-state index contributed by atoms with van der Waals surface area (Å²) in [4.78, 5) is 28.2. The van der Waals surface area contributed by atoms with Crippen LogP contribution in [-0.4, -0.2) is 51.5 Å². The molecule has 1 unspecified atom stereocenters. The Hall–Kier alpha value is -2.38. The molecule has 1 heterocycles. The van der Waals surface area contributed by atoms with Crippen molar-refractivity contribution in [3.63, 3.8) is 0 Å². The number of thiophene rings is 1. The van der Waals surface area contributed by atoms with Crippen LogP contribution >= 0.6 is 34.5 Å². The topological polar surface area (TPSA) is 77.8 Å². The number of benzene rings is 2. The first-order valence-corrected chi connectivity index (χ1v) is 11.7. The number of phenols is 2. The fourth-order valence-corrected chi connectivity index (χ4v) is 5.20. The molecule has 8 heteroatoms. The number of ketones is 2. The molecule has 2 N–H and O–H groups in total. The van der Waals surface area contributed by atoms with E-state index in [-0.39, 0.29) is 33.8 Å². The van der Waals surface area contributed by atoms with Crippen molar-refractivity contribution in [3.8, 4) is 11.5 Å². The van der Waals surface area contributed by atoms with Crippen molar-refractivity contribution in [1.82, 2.24) is 4.90 Å².